The molecule has 6 rings (SSSR count). The number of anilines is 1. The minimum absolute atomic E-state index is 0.223. The number of aromatic nitrogens is 3. The van der Waals surface area contributed by atoms with Crippen molar-refractivity contribution in [2.45, 2.75) is 32.9 Å². The number of hydrogen-bond donors (Lipinski definition) is 1. The Labute approximate surface area is 227 Å². The van der Waals surface area contributed by atoms with E-state index in [-0.39, 0.29) is 12.1 Å². The topological polar surface area (TPSA) is 55.1 Å². The van der Waals surface area contributed by atoms with Crippen LogP contribution in [0, 0.1) is 6.92 Å². The number of fused-ring (bicyclic) bond motifs is 3. The van der Waals surface area contributed by atoms with Gasteiger partial charge in [0.25, 0.3) is 0 Å². The minimum Gasteiger partial charge on any atom is -0.307 e. The van der Waals surface area contributed by atoms with E-state index in [4.69, 9.17) is 16.7 Å². The minimum atomic E-state index is -0.325. The van der Waals surface area contributed by atoms with Gasteiger partial charge in [0.05, 0.1) is 40.4 Å². The zero-order valence-electron chi connectivity index (χ0n) is 21.3. The van der Waals surface area contributed by atoms with Crippen LogP contribution in [-0.2, 0) is 13.0 Å². The third-order valence-electron chi connectivity index (χ3n) is 7.07. The van der Waals surface area contributed by atoms with Crippen molar-refractivity contribution in [3.8, 4) is 11.5 Å². The Hall–Kier alpha value is -4.29. The zero-order chi connectivity index (χ0) is 26.2. The van der Waals surface area contributed by atoms with Crippen LogP contribution in [0.4, 0.5) is 10.5 Å². The molecule has 38 heavy (non-hydrogen) atoms. The van der Waals surface area contributed by atoms with Gasteiger partial charge < -0.3 is 14.8 Å². The predicted molar refractivity (Wildman–Crippen MR) is 151 cm³/mol. The fourth-order valence-electron chi connectivity index (χ4n) is 5.20. The molecule has 0 saturated heterocycles. The van der Waals surface area contributed by atoms with E-state index in [0.29, 0.717) is 17.3 Å². The molecule has 6 nitrogen and oxygen atoms in total. The van der Waals surface area contributed by atoms with Crippen LogP contribution in [0.1, 0.15) is 41.0 Å². The molecule has 0 spiro atoms. The van der Waals surface area contributed by atoms with Gasteiger partial charge in [-0.1, -0.05) is 78.7 Å². The number of aryl methyl sites for hydroxylation is 2. The van der Waals surface area contributed by atoms with Gasteiger partial charge in [0.2, 0.25) is 0 Å². The van der Waals surface area contributed by atoms with Crippen molar-refractivity contribution >= 4 is 23.3 Å². The van der Waals surface area contributed by atoms with Gasteiger partial charge in [0, 0.05) is 11.8 Å². The molecule has 190 valence electrons. The summed E-state index contributed by atoms with van der Waals surface area (Å²) in [6.45, 7) is 4.56. The molecule has 1 atom stereocenters. The highest BCUT2D eigenvalue weighted by Crippen LogP contribution is 2.39. The summed E-state index contributed by atoms with van der Waals surface area (Å²) in [4.78, 5) is 16.0. The van der Waals surface area contributed by atoms with Crippen LogP contribution >= 0.6 is 11.6 Å². The lowest BCUT2D eigenvalue weighted by molar-refractivity contribution is 0.194. The van der Waals surface area contributed by atoms with Crippen molar-refractivity contribution in [1.29, 1.82) is 0 Å². The van der Waals surface area contributed by atoms with E-state index < -0.39 is 0 Å². The van der Waals surface area contributed by atoms with Gasteiger partial charge in [-0.15, -0.1) is 0 Å². The number of rotatable bonds is 4. The van der Waals surface area contributed by atoms with E-state index in [1.807, 2.05) is 52.0 Å². The van der Waals surface area contributed by atoms with Gasteiger partial charge in [-0.05, 0) is 55.3 Å². The standard InChI is InChI=1S/C31H28ClN5O/c1-3-26-24-20-36(31(38)33-27-13-8-7-12-25(27)32)29(22-17-15-21(2)16-18-22)28-14-9-19-35(28)30(24)37(34-26)23-10-5-4-6-11-23/h4-19,29H,3,20H2,1-2H3,(H,33,38)/t29-/m1/s1. The summed E-state index contributed by atoms with van der Waals surface area (Å²) in [5, 5.41) is 8.58. The Kier molecular flexibility index (Phi) is 6.26. The number of amides is 2. The Balaban J connectivity index is 1.56. The monoisotopic (exact) mass is 521 g/mol. The van der Waals surface area contributed by atoms with Crippen LogP contribution in [0.2, 0.25) is 5.02 Å². The van der Waals surface area contributed by atoms with Crippen LogP contribution in [0.25, 0.3) is 11.5 Å². The lowest BCUT2D eigenvalue weighted by atomic mass is 10.0. The molecule has 1 aliphatic heterocycles. The van der Waals surface area contributed by atoms with Crippen molar-refractivity contribution in [2.75, 3.05) is 5.32 Å². The van der Waals surface area contributed by atoms with Gasteiger partial charge in [-0.25, -0.2) is 9.48 Å². The van der Waals surface area contributed by atoms with Crippen LogP contribution in [0.5, 0.6) is 0 Å². The third-order valence-corrected chi connectivity index (χ3v) is 7.40. The van der Waals surface area contributed by atoms with E-state index in [1.54, 1.807) is 6.07 Å². The fourth-order valence-corrected chi connectivity index (χ4v) is 5.38. The summed E-state index contributed by atoms with van der Waals surface area (Å²) < 4.78 is 4.18. The van der Waals surface area contributed by atoms with E-state index in [0.717, 1.165) is 40.4 Å². The number of benzene rings is 3. The third kappa shape index (κ3) is 4.17. The van der Waals surface area contributed by atoms with Crippen LogP contribution < -0.4 is 5.32 Å². The molecule has 0 fully saturated rings. The van der Waals surface area contributed by atoms with E-state index >= 15 is 0 Å². The lowest BCUT2D eigenvalue weighted by Crippen LogP contribution is -2.38. The molecular weight excluding hydrogens is 494 g/mol. The first kappa shape index (κ1) is 24.1. The SMILES string of the molecule is CCc1nn(-c2ccccc2)c2c1CN(C(=O)Nc1ccccc1Cl)[C@H](c1ccc(C)cc1)c1cccn1-2. The van der Waals surface area contributed by atoms with Crippen molar-refractivity contribution in [3.63, 3.8) is 0 Å². The molecule has 0 saturated carbocycles. The summed E-state index contributed by atoms with van der Waals surface area (Å²) in [6.07, 6.45) is 2.80. The van der Waals surface area contributed by atoms with Gasteiger partial charge in [0.15, 0.2) is 0 Å². The molecule has 0 radical (unpaired) electrons. The first-order valence-corrected chi connectivity index (χ1v) is 13.2. The van der Waals surface area contributed by atoms with Crippen LogP contribution in [0.15, 0.2) is 97.2 Å². The molecule has 0 unspecified atom stereocenters. The molecule has 1 aliphatic rings. The average Bonchev–Trinajstić information content (AvgIpc) is 3.52. The Morgan fingerprint density at radius 1 is 0.974 bits per heavy atom. The molecule has 0 bridgehead atoms. The summed E-state index contributed by atoms with van der Waals surface area (Å²) in [7, 11) is 0. The van der Waals surface area contributed by atoms with E-state index in [2.05, 4.69) is 72.4 Å². The van der Waals surface area contributed by atoms with Crippen molar-refractivity contribution in [2.24, 2.45) is 0 Å². The highest BCUT2D eigenvalue weighted by Gasteiger charge is 2.36. The maximum Gasteiger partial charge on any atom is 0.323 e. The first-order valence-electron chi connectivity index (χ1n) is 12.8. The summed E-state index contributed by atoms with van der Waals surface area (Å²) in [5.41, 5.74) is 6.73. The second-order valence-corrected chi connectivity index (χ2v) is 9.91. The number of nitrogens with one attached hydrogen (secondary N) is 1. The smallest absolute Gasteiger partial charge is 0.307 e. The maximum atomic E-state index is 14.1. The number of carbonyl (C=O) groups is 1. The highest BCUT2D eigenvalue weighted by molar-refractivity contribution is 6.33. The molecule has 0 aliphatic carbocycles. The molecule has 1 N–H and O–H groups in total. The van der Waals surface area contributed by atoms with E-state index in [1.165, 1.54) is 5.56 Å². The average molecular weight is 522 g/mol. The van der Waals surface area contributed by atoms with Crippen molar-refractivity contribution in [3.05, 3.63) is 130 Å². The highest BCUT2D eigenvalue weighted by atomic mass is 35.5. The predicted octanol–water partition coefficient (Wildman–Crippen LogP) is 7.32. The summed E-state index contributed by atoms with van der Waals surface area (Å²) in [5.74, 6) is 0.957. The zero-order valence-corrected chi connectivity index (χ0v) is 22.1. The lowest BCUT2D eigenvalue weighted by Gasteiger charge is -2.31. The fraction of sp³-hybridized carbons (Fsp3) is 0.161. The van der Waals surface area contributed by atoms with Gasteiger partial charge in [-0.2, -0.15) is 5.10 Å². The quantitative estimate of drug-likeness (QED) is 0.269. The maximum absolute atomic E-state index is 14.1. The van der Waals surface area contributed by atoms with Gasteiger partial charge >= 0.3 is 6.03 Å². The van der Waals surface area contributed by atoms with Gasteiger partial charge in [-0.3, -0.25) is 0 Å². The number of urea groups is 1. The Bertz CT molecular complexity index is 1600. The van der Waals surface area contributed by atoms with Crippen LogP contribution in [0.3, 0.4) is 0 Å². The van der Waals surface area contributed by atoms with Gasteiger partial charge in [0.1, 0.15) is 5.82 Å². The van der Waals surface area contributed by atoms with E-state index in [9.17, 15) is 4.79 Å². The summed E-state index contributed by atoms with van der Waals surface area (Å²) >= 11 is 6.42. The molecule has 5 aromatic rings. The summed E-state index contributed by atoms with van der Waals surface area (Å²) in [6, 6.07) is 29.4. The molecule has 3 heterocycles. The Morgan fingerprint density at radius 3 is 2.45 bits per heavy atom. The van der Waals surface area contributed by atoms with Crippen molar-refractivity contribution in [1.82, 2.24) is 19.2 Å². The molecule has 2 amide bonds. The first-order chi connectivity index (χ1) is 18.5. The van der Waals surface area contributed by atoms with Crippen molar-refractivity contribution < 1.29 is 4.79 Å². The van der Waals surface area contributed by atoms with Crippen LogP contribution in [-0.4, -0.2) is 25.3 Å². The second kappa shape index (κ2) is 9.88. The number of halogens is 1. The number of carbonyl (C=O) groups excluding carboxylic acids is 1. The molecule has 3 aromatic carbocycles. The number of hydrogen-bond acceptors (Lipinski definition) is 2. The molecule has 2 aromatic heterocycles. The number of para-hydroxylation sites is 2. The molecular formula is C31H28ClN5O. The number of nitrogens with zero attached hydrogens (tertiary/aromatic N) is 4. The second-order valence-electron chi connectivity index (χ2n) is 9.50. The Morgan fingerprint density at radius 2 is 1.71 bits per heavy atom. The largest absolute Gasteiger partial charge is 0.323 e. The molecule has 7 heteroatoms. The normalized spacial score (nSPS) is 14.5.